The summed E-state index contributed by atoms with van der Waals surface area (Å²) >= 11 is 0. The molecule has 16 heavy (non-hydrogen) atoms. The lowest BCUT2D eigenvalue weighted by Gasteiger charge is -2.10. The molecule has 0 fully saturated rings. The normalized spacial score (nSPS) is 13.2. The minimum Gasteiger partial charge on any atom is -0.380 e. The molecule has 0 aliphatic rings. The van der Waals surface area contributed by atoms with Crippen molar-refractivity contribution in [2.75, 3.05) is 13.7 Å². The fraction of sp³-hybridized carbons (Fsp3) is 0.500. The van der Waals surface area contributed by atoms with E-state index in [0.29, 0.717) is 13.0 Å². The van der Waals surface area contributed by atoms with Crippen LogP contribution in [0, 0.1) is 6.92 Å². The van der Waals surface area contributed by atoms with Gasteiger partial charge < -0.3 is 10.5 Å². The summed E-state index contributed by atoms with van der Waals surface area (Å²) in [5, 5.41) is 8.19. The number of rotatable bonds is 4. The van der Waals surface area contributed by atoms with Gasteiger partial charge in [0.2, 0.25) is 0 Å². The Balaban J connectivity index is 2.31. The monoisotopic (exact) mass is 221 g/mol. The van der Waals surface area contributed by atoms with E-state index in [0.717, 1.165) is 17.2 Å². The molecule has 0 saturated carbocycles. The maximum atomic E-state index is 5.57. The van der Waals surface area contributed by atoms with Crippen molar-refractivity contribution >= 4 is 5.65 Å². The van der Waals surface area contributed by atoms with Crippen LogP contribution in [0.2, 0.25) is 0 Å². The number of fused-ring (bicyclic) bond motifs is 1. The van der Waals surface area contributed by atoms with Gasteiger partial charge in [0.05, 0.1) is 6.10 Å². The van der Waals surface area contributed by atoms with Crippen molar-refractivity contribution in [2.45, 2.75) is 19.4 Å². The Kier molecular flexibility index (Phi) is 3.12. The van der Waals surface area contributed by atoms with Crippen LogP contribution in [0.15, 0.2) is 12.4 Å². The van der Waals surface area contributed by atoms with Gasteiger partial charge in [-0.3, -0.25) is 4.40 Å². The molecule has 1 unspecified atom stereocenters. The van der Waals surface area contributed by atoms with Crippen LogP contribution < -0.4 is 5.73 Å². The maximum Gasteiger partial charge on any atom is 0.163 e. The molecule has 1 atom stereocenters. The summed E-state index contributed by atoms with van der Waals surface area (Å²) in [4.78, 5) is 4.21. The zero-order chi connectivity index (χ0) is 11.5. The number of aryl methyl sites for hydroxylation is 1. The van der Waals surface area contributed by atoms with E-state index in [2.05, 4.69) is 15.2 Å². The van der Waals surface area contributed by atoms with Gasteiger partial charge in [0.25, 0.3) is 0 Å². The van der Waals surface area contributed by atoms with E-state index < -0.39 is 0 Å². The van der Waals surface area contributed by atoms with Crippen molar-refractivity contribution in [3.8, 4) is 0 Å². The molecule has 2 N–H and O–H groups in total. The first kappa shape index (κ1) is 11.0. The van der Waals surface area contributed by atoms with Crippen molar-refractivity contribution in [3.63, 3.8) is 0 Å². The van der Waals surface area contributed by atoms with E-state index in [1.54, 1.807) is 13.4 Å². The lowest BCUT2D eigenvalue weighted by atomic mass is 10.2. The van der Waals surface area contributed by atoms with Crippen molar-refractivity contribution in [1.29, 1.82) is 0 Å². The quantitative estimate of drug-likeness (QED) is 0.783. The van der Waals surface area contributed by atoms with Gasteiger partial charge in [0, 0.05) is 31.8 Å². The van der Waals surface area contributed by atoms with E-state index >= 15 is 0 Å². The summed E-state index contributed by atoms with van der Waals surface area (Å²) in [6, 6.07) is 1.89. The van der Waals surface area contributed by atoms with Gasteiger partial charge in [-0.05, 0) is 6.92 Å². The van der Waals surface area contributed by atoms with Crippen LogP contribution in [0.5, 0.6) is 0 Å². The van der Waals surface area contributed by atoms with Crippen LogP contribution in [0.25, 0.3) is 5.65 Å². The summed E-state index contributed by atoms with van der Waals surface area (Å²) in [6.45, 7) is 2.39. The van der Waals surface area contributed by atoms with Gasteiger partial charge in [0.15, 0.2) is 5.65 Å². The lowest BCUT2D eigenvalue weighted by molar-refractivity contribution is 0.108. The predicted octanol–water partition coefficient (Wildman–Crippen LogP) is -0.0511. The Bertz CT molecular complexity index is 477. The molecule has 0 saturated heterocycles. The van der Waals surface area contributed by atoms with Gasteiger partial charge in [-0.2, -0.15) is 0 Å². The fourth-order valence-electron chi connectivity index (χ4n) is 1.54. The highest BCUT2D eigenvalue weighted by atomic mass is 16.5. The largest absolute Gasteiger partial charge is 0.380 e. The van der Waals surface area contributed by atoms with Crippen LogP contribution in [0.3, 0.4) is 0 Å². The maximum absolute atomic E-state index is 5.57. The van der Waals surface area contributed by atoms with Crippen LogP contribution in [-0.2, 0) is 11.2 Å². The van der Waals surface area contributed by atoms with E-state index in [1.807, 2.05) is 17.4 Å². The highest BCUT2D eigenvalue weighted by Crippen LogP contribution is 2.06. The number of methoxy groups -OCH3 is 1. The van der Waals surface area contributed by atoms with E-state index in [4.69, 9.17) is 10.5 Å². The molecule has 86 valence electrons. The molecule has 2 heterocycles. The topological polar surface area (TPSA) is 78.3 Å². The molecule has 6 heteroatoms. The Labute approximate surface area is 93.5 Å². The van der Waals surface area contributed by atoms with Crippen LogP contribution in [0.4, 0.5) is 0 Å². The van der Waals surface area contributed by atoms with Gasteiger partial charge in [-0.15, -0.1) is 10.2 Å². The van der Waals surface area contributed by atoms with Gasteiger partial charge in [0.1, 0.15) is 12.2 Å². The van der Waals surface area contributed by atoms with Crippen LogP contribution in [-0.4, -0.2) is 39.3 Å². The molecule has 0 aliphatic carbocycles. The highest BCUT2D eigenvalue weighted by Gasteiger charge is 2.12. The highest BCUT2D eigenvalue weighted by molar-refractivity contribution is 5.38. The van der Waals surface area contributed by atoms with E-state index in [1.165, 1.54) is 0 Å². The fourth-order valence-corrected chi connectivity index (χ4v) is 1.54. The standard InChI is InChI=1S/C10H15N5O/c1-7-3-9-13-14-10(15(9)6-12-7)4-8(5-11)16-2/h3,6,8H,4-5,11H2,1-2H3. The van der Waals surface area contributed by atoms with Crippen molar-refractivity contribution in [1.82, 2.24) is 19.6 Å². The summed E-state index contributed by atoms with van der Waals surface area (Å²) in [5.41, 5.74) is 7.29. The van der Waals surface area contributed by atoms with Crippen molar-refractivity contribution in [3.05, 3.63) is 23.9 Å². The molecule has 0 spiro atoms. The summed E-state index contributed by atoms with van der Waals surface area (Å²) in [7, 11) is 1.64. The molecule has 0 aliphatic heterocycles. The molecule has 0 aromatic carbocycles. The Morgan fingerprint density at radius 2 is 2.31 bits per heavy atom. The second-order valence-electron chi connectivity index (χ2n) is 3.67. The summed E-state index contributed by atoms with van der Waals surface area (Å²) in [5.74, 6) is 0.819. The molecular formula is C10H15N5O. The summed E-state index contributed by atoms with van der Waals surface area (Å²) in [6.07, 6.45) is 2.33. The number of nitrogens with two attached hydrogens (primary N) is 1. The van der Waals surface area contributed by atoms with Crippen molar-refractivity contribution in [2.24, 2.45) is 5.73 Å². The number of aromatic nitrogens is 4. The Morgan fingerprint density at radius 3 is 3.00 bits per heavy atom. The first-order valence-corrected chi connectivity index (χ1v) is 5.13. The molecule has 0 radical (unpaired) electrons. The second-order valence-corrected chi connectivity index (χ2v) is 3.67. The lowest BCUT2D eigenvalue weighted by Crippen LogP contribution is -2.25. The van der Waals surface area contributed by atoms with E-state index in [9.17, 15) is 0 Å². The molecule has 2 aromatic heterocycles. The summed E-state index contributed by atoms with van der Waals surface area (Å²) < 4.78 is 7.07. The van der Waals surface area contributed by atoms with E-state index in [-0.39, 0.29) is 6.10 Å². The minimum atomic E-state index is -0.0336. The van der Waals surface area contributed by atoms with Crippen LogP contribution in [0.1, 0.15) is 11.5 Å². The smallest absolute Gasteiger partial charge is 0.163 e. The molecule has 2 aromatic rings. The van der Waals surface area contributed by atoms with Crippen LogP contribution >= 0.6 is 0 Å². The average Bonchev–Trinajstić information content (AvgIpc) is 2.68. The molecule has 0 bridgehead atoms. The van der Waals surface area contributed by atoms with Gasteiger partial charge in [-0.25, -0.2) is 4.98 Å². The molecule has 0 amide bonds. The number of nitrogens with zero attached hydrogens (tertiary/aromatic N) is 4. The second kappa shape index (κ2) is 4.54. The third-order valence-corrected chi connectivity index (χ3v) is 2.51. The molecule has 6 nitrogen and oxygen atoms in total. The number of hydrogen-bond donors (Lipinski definition) is 1. The number of ether oxygens (including phenoxy) is 1. The first-order valence-electron chi connectivity index (χ1n) is 5.13. The SMILES string of the molecule is COC(CN)Cc1nnc2cc(C)ncn12. The minimum absolute atomic E-state index is 0.0336. The van der Waals surface area contributed by atoms with Gasteiger partial charge in [-0.1, -0.05) is 0 Å². The van der Waals surface area contributed by atoms with Gasteiger partial charge >= 0.3 is 0 Å². The third-order valence-electron chi connectivity index (χ3n) is 2.51. The average molecular weight is 221 g/mol. The third kappa shape index (κ3) is 2.02. The predicted molar refractivity (Wildman–Crippen MR) is 59.1 cm³/mol. The number of hydrogen-bond acceptors (Lipinski definition) is 5. The first-order chi connectivity index (χ1) is 7.74. The zero-order valence-electron chi connectivity index (χ0n) is 9.42. The molecule has 2 rings (SSSR count). The van der Waals surface area contributed by atoms with Crippen molar-refractivity contribution < 1.29 is 4.74 Å². The molecular weight excluding hydrogens is 206 g/mol. The Hall–Kier alpha value is -1.53. The zero-order valence-corrected chi connectivity index (χ0v) is 9.42. The Morgan fingerprint density at radius 1 is 1.50 bits per heavy atom.